The van der Waals surface area contributed by atoms with Crippen molar-refractivity contribution in [2.75, 3.05) is 11.5 Å². The molecule has 0 unspecified atom stereocenters. The van der Waals surface area contributed by atoms with Crippen molar-refractivity contribution >= 4 is 17.5 Å². The fraction of sp³-hybridized carbons (Fsp3) is 0.188. The van der Waals surface area contributed by atoms with Crippen LogP contribution in [0.4, 0.5) is 5.69 Å². The second-order valence-corrected chi connectivity index (χ2v) is 9.18. The summed E-state index contributed by atoms with van der Waals surface area (Å²) >= 11 is 0. The number of hydrogen-bond acceptors (Lipinski definition) is 3. The van der Waals surface area contributed by atoms with Crippen molar-refractivity contribution in [1.82, 2.24) is 5.32 Å². The third-order valence-corrected chi connectivity index (χ3v) is 6.03. The summed E-state index contributed by atoms with van der Waals surface area (Å²) in [5.74, 6) is 0.415. The van der Waals surface area contributed by atoms with E-state index in [1.807, 2.05) is 111 Å². The summed E-state index contributed by atoms with van der Waals surface area (Å²) in [7, 11) is 0. The molecule has 0 aliphatic heterocycles. The van der Waals surface area contributed by atoms with E-state index in [9.17, 15) is 9.59 Å². The van der Waals surface area contributed by atoms with Crippen molar-refractivity contribution in [3.8, 4) is 5.75 Å². The average molecular weight is 493 g/mol. The Morgan fingerprint density at radius 2 is 1.46 bits per heavy atom. The fourth-order valence-electron chi connectivity index (χ4n) is 4.04. The van der Waals surface area contributed by atoms with Crippen LogP contribution in [-0.2, 0) is 29.1 Å². The molecule has 1 N–H and O–H groups in total. The summed E-state index contributed by atoms with van der Waals surface area (Å²) in [6.07, 6.45) is 0.229. The second-order valence-electron chi connectivity index (χ2n) is 9.18. The number of rotatable bonds is 10. The summed E-state index contributed by atoms with van der Waals surface area (Å²) in [6.45, 7) is 4.87. The molecule has 0 heterocycles. The third-order valence-electron chi connectivity index (χ3n) is 6.03. The highest BCUT2D eigenvalue weighted by atomic mass is 16.5. The summed E-state index contributed by atoms with van der Waals surface area (Å²) in [5, 5.41) is 2.99. The molecule has 0 saturated heterocycles. The Bertz CT molecular complexity index is 1330. The molecule has 0 fully saturated rings. The lowest BCUT2D eigenvalue weighted by Crippen LogP contribution is -2.34. The first-order valence-electron chi connectivity index (χ1n) is 12.4. The topological polar surface area (TPSA) is 58.6 Å². The largest absolute Gasteiger partial charge is 0.484 e. The van der Waals surface area contributed by atoms with Gasteiger partial charge in [0.15, 0.2) is 6.61 Å². The molecule has 4 rings (SSSR count). The van der Waals surface area contributed by atoms with E-state index in [0.29, 0.717) is 18.8 Å². The quantitative estimate of drug-likeness (QED) is 0.306. The normalized spacial score (nSPS) is 10.5. The fourth-order valence-corrected chi connectivity index (χ4v) is 4.04. The highest BCUT2D eigenvalue weighted by Crippen LogP contribution is 2.21. The molecule has 0 saturated carbocycles. The van der Waals surface area contributed by atoms with Gasteiger partial charge in [0.1, 0.15) is 5.75 Å². The Labute approximate surface area is 218 Å². The van der Waals surface area contributed by atoms with Crippen molar-refractivity contribution in [2.45, 2.75) is 33.4 Å². The summed E-state index contributed by atoms with van der Waals surface area (Å²) < 4.78 is 5.75. The zero-order valence-corrected chi connectivity index (χ0v) is 21.3. The predicted octanol–water partition coefficient (Wildman–Crippen LogP) is 5.77. The van der Waals surface area contributed by atoms with Crippen molar-refractivity contribution in [3.05, 3.63) is 131 Å². The Kier molecular flexibility index (Phi) is 8.71. The van der Waals surface area contributed by atoms with Crippen LogP contribution in [0, 0.1) is 13.8 Å². The van der Waals surface area contributed by atoms with Crippen LogP contribution in [0.1, 0.15) is 27.8 Å². The molecule has 2 amide bonds. The monoisotopic (exact) mass is 492 g/mol. The molecule has 4 aromatic carbocycles. The van der Waals surface area contributed by atoms with Gasteiger partial charge >= 0.3 is 0 Å². The van der Waals surface area contributed by atoms with Gasteiger partial charge in [-0.1, -0.05) is 90.0 Å². The van der Waals surface area contributed by atoms with E-state index in [0.717, 1.165) is 33.5 Å². The first-order valence-corrected chi connectivity index (χ1v) is 12.4. The average Bonchev–Trinajstić information content (AvgIpc) is 2.91. The number of carbonyl (C=O) groups excluding carboxylic acids is 2. The molecule has 37 heavy (non-hydrogen) atoms. The zero-order valence-electron chi connectivity index (χ0n) is 21.3. The van der Waals surface area contributed by atoms with Crippen molar-refractivity contribution in [3.63, 3.8) is 0 Å². The van der Waals surface area contributed by atoms with E-state index in [4.69, 9.17) is 4.74 Å². The highest BCUT2D eigenvalue weighted by Gasteiger charge is 2.18. The lowest BCUT2D eigenvalue weighted by molar-refractivity contribution is -0.121. The van der Waals surface area contributed by atoms with E-state index in [1.165, 1.54) is 0 Å². The van der Waals surface area contributed by atoms with Crippen molar-refractivity contribution in [1.29, 1.82) is 0 Å². The van der Waals surface area contributed by atoms with Gasteiger partial charge in [0.05, 0.1) is 13.0 Å². The van der Waals surface area contributed by atoms with Gasteiger partial charge in [-0.05, 0) is 54.8 Å². The second kappa shape index (κ2) is 12.5. The number of aryl methyl sites for hydroxylation is 2. The Balaban J connectivity index is 1.47. The van der Waals surface area contributed by atoms with Crippen molar-refractivity contribution < 1.29 is 14.3 Å². The minimum atomic E-state index is -0.162. The molecule has 0 aromatic heterocycles. The Hall–Kier alpha value is -4.38. The minimum Gasteiger partial charge on any atom is -0.484 e. The maximum atomic E-state index is 13.3. The SMILES string of the molecule is Cc1ccc(CN(C(=O)COc2ccccc2)c2cccc(CC(=O)NCc3cccc(C)c3)c2)cc1. The van der Waals surface area contributed by atoms with Crippen LogP contribution in [0.25, 0.3) is 0 Å². The van der Waals surface area contributed by atoms with Crippen LogP contribution in [-0.4, -0.2) is 18.4 Å². The van der Waals surface area contributed by atoms with Gasteiger partial charge in [0.2, 0.25) is 5.91 Å². The number of ether oxygens (including phenoxy) is 1. The number of nitrogens with zero attached hydrogens (tertiary/aromatic N) is 1. The first-order chi connectivity index (χ1) is 18.0. The third kappa shape index (κ3) is 7.80. The Morgan fingerprint density at radius 3 is 2.22 bits per heavy atom. The lowest BCUT2D eigenvalue weighted by Gasteiger charge is -2.24. The summed E-state index contributed by atoms with van der Waals surface area (Å²) in [4.78, 5) is 27.7. The number of carbonyl (C=O) groups is 2. The molecule has 0 atom stereocenters. The van der Waals surface area contributed by atoms with Gasteiger partial charge in [-0.15, -0.1) is 0 Å². The smallest absolute Gasteiger partial charge is 0.265 e. The van der Waals surface area contributed by atoms with Crippen molar-refractivity contribution in [2.24, 2.45) is 0 Å². The van der Waals surface area contributed by atoms with Gasteiger partial charge in [-0.2, -0.15) is 0 Å². The number of anilines is 1. The minimum absolute atomic E-state index is 0.0671. The van der Waals surface area contributed by atoms with Crippen LogP contribution in [0.5, 0.6) is 5.75 Å². The van der Waals surface area contributed by atoms with Crippen LogP contribution < -0.4 is 15.0 Å². The molecule has 0 aliphatic rings. The van der Waals surface area contributed by atoms with E-state index in [2.05, 4.69) is 11.4 Å². The first kappa shape index (κ1) is 25.7. The van der Waals surface area contributed by atoms with E-state index in [-0.39, 0.29) is 24.8 Å². The molecular formula is C32H32N2O3. The number of para-hydroxylation sites is 1. The maximum Gasteiger partial charge on any atom is 0.265 e. The van der Waals surface area contributed by atoms with E-state index in [1.54, 1.807) is 4.90 Å². The molecule has 188 valence electrons. The molecule has 0 radical (unpaired) electrons. The summed E-state index contributed by atoms with van der Waals surface area (Å²) in [6, 6.07) is 33.1. The standard InChI is InChI=1S/C32H32N2O3/c1-24-14-16-26(17-15-24)22-34(32(36)23-37-30-12-4-3-5-13-30)29-11-7-9-27(19-29)20-31(35)33-21-28-10-6-8-25(2)18-28/h3-19H,20-23H2,1-2H3,(H,33,35). The molecule has 5 heteroatoms. The predicted molar refractivity (Wildman–Crippen MR) is 147 cm³/mol. The van der Waals surface area contributed by atoms with E-state index >= 15 is 0 Å². The molecule has 0 bridgehead atoms. The van der Waals surface area contributed by atoms with Crippen LogP contribution in [0.15, 0.2) is 103 Å². The molecule has 0 spiro atoms. The highest BCUT2D eigenvalue weighted by molar-refractivity contribution is 5.94. The Morgan fingerprint density at radius 1 is 0.730 bits per heavy atom. The van der Waals surface area contributed by atoms with Gasteiger partial charge in [0.25, 0.3) is 5.91 Å². The summed E-state index contributed by atoms with van der Waals surface area (Å²) in [5.41, 5.74) is 5.97. The molecule has 0 aliphatic carbocycles. The van der Waals surface area contributed by atoms with Crippen LogP contribution in [0.3, 0.4) is 0 Å². The maximum absolute atomic E-state index is 13.3. The van der Waals surface area contributed by atoms with Gasteiger partial charge < -0.3 is 15.0 Å². The van der Waals surface area contributed by atoms with E-state index < -0.39 is 0 Å². The number of benzene rings is 4. The zero-order chi connectivity index (χ0) is 26.0. The molecule has 5 nitrogen and oxygen atoms in total. The van der Waals surface area contributed by atoms with Crippen LogP contribution >= 0.6 is 0 Å². The molecular weight excluding hydrogens is 460 g/mol. The molecule has 4 aromatic rings. The van der Waals surface area contributed by atoms with Gasteiger partial charge in [-0.25, -0.2) is 0 Å². The van der Waals surface area contributed by atoms with Crippen LogP contribution in [0.2, 0.25) is 0 Å². The number of amides is 2. The number of hydrogen-bond donors (Lipinski definition) is 1. The lowest BCUT2D eigenvalue weighted by atomic mass is 10.1. The van der Waals surface area contributed by atoms with Gasteiger partial charge in [-0.3, -0.25) is 9.59 Å². The number of nitrogens with one attached hydrogen (secondary N) is 1. The van der Waals surface area contributed by atoms with Gasteiger partial charge in [0, 0.05) is 12.2 Å².